The van der Waals surface area contributed by atoms with Gasteiger partial charge in [-0.05, 0) is 87.4 Å². The van der Waals surface area contributed by atoms with Crippen molar-refractivity contribution >= 4 is 17.6 Å². The summed E-state index contributed by atoms with van der Waals surface area (Å²) in [7, 11) is 0. The quantitative estimate of drug-likeness (QED) is 0.221. The molecule has 2 nitrogen and oxygen atoms in total. The first kappa shape index (κ1) is 21.3. The Kier molecular flexibility index (Phi) is 6.09. The molecule has 4 rings (SSSR count). The third-order valence-corrected chi connectivity index (χ3v) is 9.62. The Bertz CT molecular complexity index is 693. The molecule has 2 unspecified atom stereocenters. The number of allylic oxidation sites excluding steroid dienone is 2. The van der Waals surface area contributed by atoms with Crippen molar-refractivity contribution in [1.82, 2.24) is 0 Å². The summed E-state index contributed by atoms with van der Waals surface area (Å²) >= 11 is 6.37. The fraction of sp³-hybridized carbons (Fsp3) is 0.808. The topological polar surface area (TPSA) is 26.3 Å². The Hall–Kier alpha value is -0.940. The van der Waals surface area contributed by atoms with Crippen LogP contribution < -0.4 is 0 Å². The number of carbonyl (C=O) groups is 1. The van der Waals surface area contributed by atoms with E-state index in [1.165, 1.54) is 32.1 Å². The summed E-state index contributed by atoms with van der Waals surface area (Å²) in [5, 5.41) is -0.580. The minimum atomic E-state index is -0.775. The molecule has 0 N–H and O–H groups in total. The van der Waals surface area contributed by atoms with E-state index in [4.69, 9.17) is 22.8 Å². The molecular weight excluding hydrogens is 380 g/mol. The van der Waals surface area contributed by atoms with Gasteiger partial charge in [0.25, 0.3) is 0 Å². The van der Waals surface area contributed by atoms with Crippen molar-refractivity contribution in [2.75, 3.05) is 0 Å². The molecule has 3 heteroatoms. The van der Waals surface area contributed by atoms with E-state index in [-0.39, 0.29) is 11.4 Å². The molecule has 4 aliphatic rings. The SMILES string of the molecule is C#C[C@]1(OC(=O)C(Cl)CCCC)CC[C@H]2[C@@H]3CCC4CC=CC[C@@H]4[C@H]3CC[C@@]21C. The fourth-order valence-electron chi connectivity index (χ4n) is 7.59. The van der Waals surface area contributed by atoms with Crippen molar-refractivity contribution in [3.05, 3.63) is 12.2 Å². The molecule has 0 aromatic rings. The molecule has 0 aromatic carbocycles. The molecular formula is C26H37ClO2. The zero-order valence-electron chi connectivity index (χ0n) is 18.2. The Labute approximate surface area is 182 Å². The van der Waals surface area contributed by atoms with E-state index in [0.29, 0.717) is 12.3 Å². The number of halogens is 1. The van der Waals surface area contributed by atoms with Crippen molar-refractivity contribution in [2.24, 2.45) is 35.0 Å². The van der Waals surface area contributed by atoms with Crippen molar-refractivity contribution < 1.29 is 9.53 Å². The molecule has 3 fully saturated rings. The van der Waals surface area contributed by atoms with Gasteiger partial charge in [0.2, 0.25) is 0 Å². The average molecular weight is 417 g/mol. The minimum Gasteiger partial charge on any atom is -0.444 e. The number of terminal acetylenes is 1. The van der Waals surface area contributed by atoms with Crippen LogP contribution in [0.15, 0.2) is 12.2 Å². The molecule has 0 bridgehead atoms. The maximum atomic E-state index is 12.8. The number of hydrogen-bond donors (Lipinski definition) is 0. The lowest BCUT2D eigenvalue weighted by Gasteiger charge is -2.56. The zero-order valence-corrected chi connectivity index (χ0v) is 18.9. The van der Waals surface area contributed by atoms with E-state index in [2.05, 4.69) is 31.9 Å². The van der Waals surface area contributed by atoms with Crippen LogP contribution in [0, 0.1) is 47.3 Å². The maximum Gasteiger partial charge on any atom is 0.325 e. The van der Waals surface area contributed by atoms with Crippen molar-refractivity contribution in [1.29, 1.82) is 0 Å². The summed E-state index contributed by atoms with van der Waals surface area (Å²) in [4.78, 5) is 12.8. The summed E-state index contributed by atoms with van der Waals surface area (Å²) in [5.41, 5.74) is -0.889. The van der Waals surface area contributed by atoms with Gasteiger partial charge >= 0.3 is 5.97 Å². The maximum absolute atomic E-state index is 12.8. The van der Waals surface area contributed by atoms with Crippen LogP contribution in [-0.4, -0.2) is 16.9 Å². The van der Waals surface area contributed by atoms with Crippen LogP contribution in [0.25, 0.3) is 0 Å². The summed E-state index contributed by atoms with van der Waals surface area (Å²) in [6.45, 7) is 4.42. The van der Waals surface area contributed by atoms with Gasteiger partial charge in [-0.1, -0.05) is 44.8 Å². The predicted molar refractivity (Wildman–Crippen MR) is 118 cm³/mol. The molecule has 3 saturated carbocycles. The molecule has 0 heterocycles. The van der Waals surface area contributed by atoms with Crippen LogP contribution in [-0.2, 0) is 9.53 Å². The van der Waals surface area contributed by atoms with E-state index in [9.17, 15) is 4.79 Å². The molecule has 4 aliphatic carbocycles. The second kappa shape index (κ2) is 8.30. The van der Waals surface area contributed by atoms with Crippen LogP contribution in [0.1, 0.15) is 84.5 Å². The first-order valence-electron chi connectivity index (χ1n) is 12.0. The Morgan fingerprint density at radius 2 is 1.97 bits per heavy atom. The first-order chi connectivity index (χ1) is 14.0. The minimum absolute atomic E-state index is 0.114. The van der Waals surface area contributed by atoms with Gasteiger partial charge in [0, 0.05) is 5.41 Å². The predicted octanol–water partition coefficient (Wildman–Crippen LogP) is 6.52. The van der Waals surface area contributed by atoms with Crippen molar-refractivity contribution in [3.63, 3.8) is 0 Å². The van der Waals surface area contributed by atoms with E-state index >= 15 is 0 Å². The molecule has 0 radical (unpaired) electrons. The second-order valence-electron chi connectivity index (χ2n) is 10.4. The highest BCUT2D eigenvalue weighted by Gasteiger charge is 2.64. The van der Waals surface area contributed by atoms with Gasteiger partial charge in [0.05, 0.1) is 0 Å². The van der Waals surface area contributed by atoms with E-state index in [1.807, 2.05) is 0 Å². The highest BCUT2D eigenvalue weighted by molar-refractivity contribution is 6.29. The van der Waals surface area contributed by atoms with Crippen LogP contribution in [0.5, 0.6) is 0 Å². The number of esters is 1. The third kappa shape index (κ3) is 3.46. The molecule has 0 saturated heterocycles. The van der Waals surface area contributed by atoms with Gasteiger partial charge in [0.1, 0.15) is 5.38 Å². The molecule has 0 amide bonds. The van der Waals surface area contributed by atoms with Gasteiger partial charge < -0.3 is 4.74 Å². The smallest absolute Gasteiger partial charge is 0.325 e. The van der Waals surface area contributed by atoms with Crippen LogP contribution >= 0.6 is 11.6 Å². The number of unbranched alkanes of at least 4 members (excludes halogenated alkanes) is 1. The Morgan fingerprint density at radius 3 is 2.72 bits per heavy atom. The average Bonchev–Trinajstić information content (AvgIpc) is 3.04. The fourth-order valence-corrected chi connectivity index (χ4v) is 7.79. The number of alkyl halides is 1. The van der Waals surface area contributed by atoms with Gasteiger partial charge in [-0.3, -0.25) is 4.79 Å². The number of carbonyl (C=O) groups excluding carboxylic acids is 1. The largest absolute Gasteiger partial charge is 0.444 e. The molecule has 0 spiro atoms. The first-order valence-corrected chi connectivity index (χ1v) is 12.4. The van der Waals surface area contributed by atoms with Gasteiger partial charge in [0.15, 0.2) is 5.60 Å². The number of ether oxygens (including phenoxy) is 1. The highest BCUT2D eigenvalue weighted by Crippen LogP contribution is 2.65. The lowest BCUT2D eigenvalue weighted by molar-refractivity contribution is -0.171. The second-order valence-corrected chi connectivity index (χ2v) is 10.9. The van der Waals surface area contributed by atoms with Gasteiger partial charge in [-0.25, -0.2) is 0 Å². The van der Waals surface area contributed by atoms with Gasteiger partial charge in [-0.15, -0.1) is 18.0 Å². The summed E-state index contributed by atoms with van der Waals surface area (Å²) in [5.74, 6) is 6.57. The monoisotopic (exact) mass is 416 g/mol. The summed E-state index contributed by atoms with van der Waals surface area (Å²) in [6, 6.07) is 0. The molecule has 0 aliphatic heterocycles. The highest BCUT2D eigenvalue weighted by atomic mass is 35.5. The number of rotatable bonds is 5. The van der Waals surface area contributed by atoms with E-state index in [1.54, 1.807) is 0 Å². The van der Waals surface area contributed by atoms with Crippen molar-refractivity contribution in [3.8, 4) is 12.3 Å². The standard InChI is InChI=1S/C26H37ClO2/c1-4-6-11-23(27)24(28)29-26(5-2)17-15-22-21-13-12-18-9-7-8-10-19(18)20(21)14-16-25(22,26)3/h2,7-8,18-23H,4,6,9-17H2,1,3H3/t18?,19-,20+,21+,22-,23?,25-,26-/m0/s1. The van der Waals surface area contributed by atoms with E-state index in [0.717, 1.165) is 55.8 Å². The lowest BCUT2D eigenvalue weighted by Crippen LogP contribution is -2.54. The molecule has 0 aromatic heterocycles. The van der Waals surface area contributed by atoms with Crippen LogP contribution in [0.2, 0.25) is 0 Å². The van der Waals surface area contributed by atoms with Crippen LogP contribution in [0.3, 0.4) is 0 Å². The molecule has 8 atom stereocenters. The van der Waals surface area contributed by atoms with Gasteiger partial charge in [-0.2, -0.15) is 0 Å². The zero-order chi connectivity index (χ0) is 20.6. The Morgan fingerprint density at radius 1 is 1.17 bits per heavy atom. The van der Waals surface area contributed by atoms with Crippen molar-refractivity contribution in [2.45, 2.75) is 95.5 Å². The normalized spacial score (nSPS) is 44.1. The van der Waals surface area contributed by atoms with Crippen LogP contribution in [0.4, 0.5) is 0 Å². The number of fused-ring (bicyclic) bond motifs is 5. The summed E-state index contributed by atoms with van der Waals surface area (Å²) < 4.78 is 6.15. The summed E-state index contributed by atoms with van der Waals surface area (Å²) in [6.07, 6.45) is 22.9. The molecule has 160 valence electrons. The Balaban J connectivity index is 1.53. The third-order valence-electron chi connectivity index (χ3n) is 9.23. The molecule has 29 heavy (non-hydrogen) atoms. The lowest BCUT2D eigenvalue weighted by atomic mass is 9.49. The van der Waals surface area contributed by atoms with E-state index < -0.39 is 11.0 Å². The number of hydrogen-bond acceptors (Lipinski definition) is 2.